The molecule has 0 saturated carbocycles. The van der Waals surface area contributed by atoms with E-state index >= 15 is 0 Å². The smallest absolute Gasteiger partial charge is 0.0465 e. The van der Waals surface area contributed by atoms with Gasteiger partial charge in [0.2, 0.25) is 0 Å². The standard InChI is InChI=1S/C60H53N/c1-41-19-29-46(30-20-41)47(37-44-13-7-6-8-14-44)38-45-25-23-42(24-26-45)21-22-43-27-31-48(32-28-43)61(49-33-35-53-51-15-9-11-17-55(51)59(2,3)57(53)39-49)50-34-36-54-52-16-10-12-18-56(52)60(4,5)58(54)40-50/h6-36,39-40,47H,37-38H2,1-5H3/b22-21+. The number of anilines is 3. The Bertz CT molecular complexity index is 2790. The third-order valence-electron chi connectivity index (χ3n) is 13.6. The zero-order chi connectivity index (χ0) is 41.7. The molecule has 61 heavy (non-hydrogen) atoms. The predicted octanol–water partition coefficient (Wildman–Crippen LogP) is 15.8. The molecule has 1 nitrogen and oxygen atoms in total. The molecular weight excluding hydrogens is 735 g/mol. The molecule has 0 aromatic heterocycles. The lowest BCUT2D eigenvalue weighted by molar-refractivity contribution is 0.660. The van der Waals surface area contributed by atoms with Crippen molar-refractivity contribution in [2.45, 2.75) is 64.2 Å². The number of hydrogen-bond donors (Lipinski definition) is 0. The molecule has 0 saturated heterocycles. The molecule has 1 heteroatoms. The summed E-state index contributed by atoms with van der Waals surface area (Å²) < 4.78 is 0. The largest absolute Gasteiger partial charge is 0.310 e. The molecule has 0 spiro atoms. The molecule has 0 radical (unpaired) electrons. The second-order valence-electron chi connectivity index (χ2n) is 18.3. The first-order valence-electron chi connectivity index (χ1n) is 21.9. The van der Waals surface area contributed by atoms with Crippen LogP contribution in [0.5, 0.6) is 0 Å². The van der Waals surface area contributed by atoms with Crippen molar-refractivity contribution in [3.63, 3.8) is 0 Å². The van der Waals surface area contributed by atoms with Gasteiger partial charge in [0.05, 0.1) is 0 Å². The Kier molecular flexibility index (Phi) is 9.72. The summed E-state index contributed by atoms with van der Waals surface area (Å²) in [5.41, 5.74) is 22.0. The van der Waals surface area contributed by atoms with Crippen LogP contribution in [0.15, 0.2) is 188 Å². The molecule has 8 aromatic carbocycles. The summed E-state index contributed by atoms with van der Waals surface area (Å²) in [5, 5.41) is 0. The van der Waals surface area contributed by atoms with E-state index in [1.165, 1.54) is 89.3 Å². The highest BCUT2D eigenvalue weighted by Gasteiger charge is 2.37. The van der Waals surface area contributed by atoms with E-state index in [-0.39, 0.29) is 10.8 Å². The van der Waals surface area contributed by atoms with Gasteiger partial charge >= 0.3 is 0 Å². The minimum atomic E-state index is -0.0903. The van der Waals surface area contributed by atoms with Gasteiger partial charge < -0.3 is 4.90 Å². The fraction of sp³-hybridized carbons (Fsp3) is 0.167. The summed E-state index contributed by atoms with van der Waals surface area (Å²) in [4.78, 5) is 2.45. The average molecular weight is 788 g/mol. The van der Waals surface area contributed by atoms with Crippen LogP contribution in [0.1, 0.15) is 89.2 Å². The van der Waals surface area contributed by atoms with Crippen LogP contribution in [0.25, 0.3) is 34.4 Å². The van der Waals surface area contributed by atoms with E-state index in [4.69, 9.17) is 0 Å². The first-order chi connectivity index (χ1) is 29.6. The summed E-state index contributed by atoms with van der Waals surface area (Å²) in [6.07, 6.45) is 6.50. The van der Waals surface area contributed by atoms with E-state index in [9.17, 15) is 0 Å². The lowest BCUT2D eigenvalue weighted by atomic mass is 9.82. The van der Waals surface area contributed by atoms with E-state index in [1.807, 2.05) is 0 Å². The molecule has 0 aliphatic heterocycles. The molecule has 0 heterocycles. The van der Waals surface area contributed by atoms with Crippen molar-refractivity contribution in [2.75, 3.05) is 4.90 Å². The van der Waals surface area contributed by atoms with Crippen molar-refractivity contribution in [3.05, 3.63) is 244 Å². The Morgan fingerprint density at radius 2 is 0.836 bits per heavy atom. The fourth-order valence-corrected chi connectivity index (χ4v) is 10.1. The van der Waals surface area contributed by atoms with E-state index in [2.05, 4.69) is 240 Å². The minimum absolute atomic E-state index is 0.0903. The summed E-state index contributed by atoms with van der Waals surface area (Å²) in [7, 11) is 0. The molecule has 0 bridgehead atoms. The minimum Gasteiger partial charge on any atom is -0.310 e. The van der Waals surface area contributed by atoms with Gasteiger partial charge in [0.1, 0.15) is 0 Å². The monoisotopic (exact) mass is 787 g/mol. The SMILES string of the molecule is Cc1ccc(C(Cc2ccccc2)Cc2ccc(/C=C/c3ccc(N(c4ccc5c(c4)C(C)(C)c4ccccc4-5)c4ccc5c(c4)C(C)(C)c4ccccc4-5)cc3)cc2)cc1. The van der Waals surface area contributed by atoms with Crippen LogP contribution < -0.4 is 4.90 Å². The van der Waals surface area contributed by atoms with Gasteiger partial charge in [0.15, 0.2) is 0 Å². The van der Waals surface area contributed by atoms with Crippen molar-refractivity contribution >= 4 is 29.2 Å². The Morgan fingerprint density at radius 1 is 0.410 bits per heavy atom. The van der Waals surface area contributed by atoms with Gasteiger partial charge in [-0.05, 0) is 134 Å². The second-order valence-corrected chi connectivity index (χ2v) is 18.3. The fourth-order valence-electron chi connectivity index (χ4n) is 10.1. The van der Waals surface area contributed by atoms with Crippen LogP contribution in [0.3, 0.4) is 0 Å². The summed E-state index contributed by atoms with van der Waals surface area (Å²) in [6, 6.07) is 70.2. The van der Waals surface area contributed by atoms with Gasteiger partial charge in [0.25, 0.3) is 0 Å². The maximum absolute atomic E-state index is 2.45. The molecule has 10 rings (SSSR count). The number of aryl methyl sites for hydroxylation is 1. The molecule has 0 N–H and O–H groups in total. The van der Waals surface area contributed by atoms with Crippen molar-refractivity contribution in [1.29, 1.82) is 0 Å². The lowest BCUT2D eigenvalue weighted by Crippen LogP contribution is -2.18. The molecule has 0 fully saturated rings. The molecule has 8 aromatic rings. The van der Waals surface area contributed by atoms with Crippen molar-refractivity contribution in [3.8, 4) is 22.3 Å². The predicted molar refractivity (Wildman–Crippen MR) is 259 cm³/mol. The Balaban J connectivity index is 0.940. The number of hydrogen-bond acceptors (Lipinski definition) is 1. The highest BCUT2D eigenvalue weighted by Crippen LogP contribution is 2.53. The van der Waals surface area contributed by atoms with Crippen molar-refractivity contribution < 1.29 is 0 Å². The van der Waals surface area contributed by atoms with Gasteiger partial charge in [-0.2, -0.15) is 0 Å². The van der Waals surface area contributed by atoms with Crippen LogP contribution in [0.2, 0.25) is 0 Å². The normalized spacial score (nSPS) is 14.6. The van der Waals surface area contributed by atoms with Gasteiger partial charge in [-0.15, -0.1) is 0 Å². The summed E-state index contributed by atoms with van der Waals surface area (Å²) in [5.74, 6) is 0.418. The number of fused-ring (bicyclic) bond motifs is 6. The van der Waals surface area contributed by atoms with Crippen molar-refractivity contribution in [1.82, 2.24) is 0 Å². The molecule has 298 valence electrons. The van der Waals surface area contributed by atoms with Crippen LogP contribution in [0.4, 0.5) is 17.1 Å². The van der Waals surface area contributed by atoms with E-state index in [0.717, 1.165) is 18.5 Å². The first kappa shape index (κ1) is 38.5. The summed E-state index contributed by atoms with van der Waals surface area (Å²) >= 11 is 0. The Hall–Kier alpha value is -6.70. The van der Waals surface area contributed by atoms with Gasteiger partial charge in [-0.25, -0.2) is 0 Å². The van der Waals surface area contributed by atoms with Crippen LogP contribution in [-0.4, -0.2) is 0 Å². The molecule has 2 aliphatic carbocycles. The topological polar surface area (TPSA) is 3.24 Å². The maximum atomic E-state index is 2.45. The summed E-state index contributed by atoms with van der Waals surface area (Å²) in [6.45, 7) is 11.6. The number of nitrogens with zero attached hydrogens (tertiary/aromatic N) is 1. The first-order valence-corrected chi connectivity index (χ1v) is 21.9. The molecule has 0 amide bonds. The molecular formula is C60H53N. The van der Waals surface area contributed by atoms with Crippen LogP contribution >= 0.6 is 0 Å². The average Bonchev–Trinajstić information content (AvgIpc) is 3.66. The van der Waals surface area contributed by atoms with Gasteiger partial charge in [-0.3, -0.25) is 0 Å². The van der Waals surface area contributed by atoms with Crippen molar-refractivity contribution in [2.24, 2.45) is 0 Å². The van der Waals surface area contributed by atoms with Crippen LogP contribution in [0, 0.1) is 6.92 Å². The highest BCUT2D eigenvalue weighted by atomic mass is 15.1. The zero-order valence-corrected chi connectivity index (χ0v) is 36.0. The van der Waals surface area contributed by atoms with E-state index < -0.39 is 0 Å². The van der Waals surface area contributed by atoms with Gasteiger partial charge in [0, 0.05) is 27.9 Å². The zero-order valence-electron chi connectivity index (χ0n) is 36.0. The molecule has 1 atom stereocenters. The number of benzene rings is 8. The quantitative estimate of drug-likeness (QED) is 0.125. The highest BCUT2D eigenvalue weighted by molar-refractivity contribution is 5.88. The van der Waals surface area contributed by atoms with E-state index in [1.54, 1.807) is 0 Å². The Labute approximate surface area is 362 Å². The molecule has 2 aliphatic rings. The second kappa shape index (κ2) is 15.4. The Morgan fingerprint density at radius 3 is 1.36 bits per heavy atom. The number of rotatable bonds is 10. The van der Waals surface area contributed by atoms with Crippen LogP contribution in [-0.2, 0) is 23.7 Å². The third kappa shape index (κ3) is 7.13. The van der Waals surface area contributed by atoms with Gasteiger partial charge in [-0.1, -0.05) is 197 Å². The maximum Gasteiger partial charge on any atom is 0.0465 e. The molecule has 1 unspecified atom stereocenters. The lowest BCUT2D eigenvalue weighted by Gasteiger charge is -2.29. The third-order valence-corrected chi connectivity index (χ3v) is 13.6. The van der Waals surface area contributed by atoms with E-state index in [0.29, 0.717) is 5.92 Å².